The fraction of sp³-hybridized carbons (Fsp3) is 0.158. The first kappa shape index (κ1) is 16.0. The molecule has 3 aromatic rings. The third-order valence-electron chi connectivity index (χ3n) is 4.62. The fourth-order valence-corrected chi connectivity index (χ4v) is 3.21. The van der Waals surface area contributed by atoms with Crippen LogP contribution in [-0.4, -0.2) is 21.9 Å². The van der Waals surface area contributed by atoms with Gasteiger partial charge in [0.15, 0.2) is 0 Å². The second kappa shape index (κ2) is 6.11. The minimum atomic E-state index is -0.529. The van der Waals surface area contributed by atoms with Gasteiger partial charge in [0.05, 0.1) is 10.5 Å². The predicted molar refractivity (Wildman–Crippen MR) is 96.3 cm³/mol. The van der Waals surface area contributed by atoms with Crippen molar-refractivity contribution >= 4 is 22.5 Å². The van der Waals surface area contributed by atoms with E-state index in [1.54, 1.807) is 0 Å². The van der Waals surface area contributed by atoms with Crippen LogP contribution < -0.4 is 10.9 Å². The Labute approximate surface area is 147 Å². The van der Waals surface area contributed by atoms with E-state index < -0.39 is 16.4 Å². The molecule has 1 aromatic heterocycles. The number of benzene rings is 2. The molecule has 1 heterocycles. The number of pyridine rings is 1. The Balaban J connectivity index is 1.63. The van der Waals surface area contributed by atoms with Gasteiger partial charge in [0.25, 0.3) is 11.6 Å². The summed E-state index contributed by atoms with van der Waals surface area (Å²) in [6, 6.07) is 15.1. The highest BCUT2D eigenvalue weighted by Gasteiger charge is 2.39. The largest absolute Gasteiger partial charge is 0.349 e. The molecule has 0 radical (unpaired) electrons. The molecule has 0 saturated heterocycles. The molecule has 1 amide bonds. The van der Waals surface area contributed by atoms with Crippen molar-refractivity contribution in [2.45, 2.75) is 18.4 Å². The van der Waals surface area contributed by atoms with E-state index in [-0.39, 0.29) is 23.2 Å². The maximum absolute atomic E-state index is 12.7. The molecule has 0 unspecified atom stereocenters. The Hall–Kier alpha value is -3.48. The number of carbonyl (C=O) groups excluding carboxylic acids is 1. The number of fused-ring (bicyclic) bond motifs is 1. The standard InChI is InChI=1S/C19H15N3O4/c23-18-10-15(14-8-12(22(25)26)6-7-16(14)20-18)19(24)21-17-9-13(17)11-4-2-1-3-5-11/h1-8,10,13,17H,9H2,(H,20,23)(H,21,24)/t13-,17+/m1/s1. The van der Waals surface area contributed by atoms with Crippen molar-refractivity contribution in [2.24, 2.45) is 0 Å². The molecular weight excluding hydrogens is 334 g/mol. The molecule has 1 fully saturated rings. The van der Waals surface area contributed by atoms with Crippen molar-refractivity contribution in [3.8, 4) is 0 Å². The van der Waals surface area contributed by atoms with Gasteiger partial charge in [-0.3, -0.25) is 19.7 Å². The van der Waals surface area contributed by atoms with Crippen molar-refractivity contribution in [3.05, 3.63) is 86.2 Å². The molecule has 0 bridgehead atoms. The van der Waals surface area contributed by atoms with Crippen molar-refractivity contribution in [1.82, 2.24) is 10.3 Å². The van der Waals surface area contributed by atoms with E-state index >= 15 is 0 Å². The molecule has 0 aliphatic heterocycles. The zero-order chi connectivity index (χ0) is 18.3. The van der Waals surface area contributed by atoms with Crippen molar-refractivity contribution in [1.29, 1.82) is 0 Å². The number of aromatic nitrogens is 1. The zero-order valence-corrected chi connectivity index (χ0v) is 13.6. The van der Waals surface area contributed by atoms with Crippen molar-refractivity contribution in [3.63, 3.8) is 0 Å². The maximum atomic E-state index is 12.7. The number of nitrogens with zero attached hydrogens (tertiary/aromatic N) is 1. The number of nitrogens with one attached hydrogen (secondary N) is 2. The number of aromatic amines is 1. The summed E-state index contributed by atoms with van der Waals surface area (Å²) in [7, 11) is 0. The van der Waals surface area contributed by atoms with Gasteiger partial charge in [0.1, 0.15) is 0 Å². The molecule has 7 nitrogen and oxygen atoms in total. The first-order valence-electron chi connectivity index (χ1n) is 8.20. The first-order valence-corrected chi connectivity index (χ1v) is 8.20. The maximum Gasteiger partial charge on any atom is 0.270 e. The van der Waals surface area contributed by atoms with Gasteiger partial charge in [-0.1, -0.05) is 30.3 Å². The molecule has 1 saturated carbocycles. The molecule has 2 aromatic carbocycles. The molecule has 130 valence electrons. The van der Waals surface area contributed by atoms with Crippen molar-refractivity contribution < 1.29 is 9.72 Å². The molecule has 2 N–H and O–H groups in total. The Morgan fingerprint density at radius 3 is 2.65 bits per heavy atom. The lowest BCUT2D eigenvalue weighted by Crippen LogP contribution is -2.28. The second-order valence-corrected chi connectivity index (χ2v) is 6.37. The number of hydrogen-bond acceptors (Lipinski definition) is 4. The number of nitro benzene ring substituents is 1. The summed E-state index contributed by atoms with van der Waals surface area (Å²) < 4.78 is 0. The minimum Gasteiger partial charge on any atom is -0.349 e. The molecule has 1 aliphatic carbocycles. The summed E-state index contributed by atoms with van der Waals surface area (Å²) in [6.07, 6.45) is 0.830. The highest BCUT2D eigenvalue weighted by Crippen LogP contribution is 2.40. The zero-order valence-electron chi connectivity index (χ0n) is 13.6. The number of carbonyl (C=O) groups is 1. The van der Waals surface area contributed by atoms with Crippen LogP contribution in [0.25, 0.3) is 10.9 Å². The van der Waals surface area contributed by atoms with Crippen LogP contribution in [0.1, 0.15) is 28.3 Å². The average molecular weight is 349 g/mol. The number of rotatable bonds is 4. The smallest absolute Gasteiger partial charge is 0.270 e. The molecular formula is C19H15N3O4. The predicted octanol–water partition coefficient (Wildman–Crippen LogP) is 2.72. The molecule has 0 spiro atoms. The lowest BCUT2D eigenvalue weighted by molar-refractivity contribution is -0.384. The lowest BCUT2D eigenvalue weighted by Gasteiger charge is -2.08. The third-order valence-corrected chi connectivity index (χ3v) is 4.62. The number of nitro groups is 1. The highest BCUT2D eigenvalue weighted by atomic mass is 16.6. The number of H-pyrrole nitrogens is 1. The van der Waals surface area contributed by atoms with E-state index in [4.69, 9.17) is 0 Å². The normalized spacial score (nSPS) is 18.5. The van der Waals surface area contributed by atoms with Gasteiger partial charge >= 0.3 is 0 Å². The molecule has 2 atom stereocenters. The van der Waals surface area contributed by atoms with Crippen molar-refractivity contribution in [2.75, 3.05) is 0 Å². The number of hydrogen-bond donors (Lipinski definition) is 2. The Kier molecular flexibility index (Phi) is 3.76. The first-order chi connectivity index (χ1) is 12.5. The third kappa shape index (κ3) is 2.95. The second-order valence-electron chi connectivity index (χ2n) is 6.37. The summed E-state index contributed by atoms with van der Waals surface area (Å²) in [5.41, 5.74) is 1.14. The van der Waals surface area contributed by atoms with Gasteiger partial charge in [0, 0.05) is 41.1 Å². The number of non-ortho nitro benzene ring substituents is 1. The van der Waals surface area contributed by atoms with Gasteiger partial charge < -0.3 is 10.3 Å². The van der Waals surface area contributed by atoms with Crippen LogP contribution >= 0.6 is 0 Å². The molecule has 26 heavy (non-hydrogen) atoms. The van der Waals surface area contributed by atoms with E-state index in [1.807, 2.05) is 30.3 Å². The van der Waals surface area contributed by atoms with Crippen LogP contribution in [0.15, 0.2) is 59.4 Å². The van der Waals surface area contributed by atoms with E-state index in [2.05, 4.69) is 10.3 Å². The molecule has 1 aliphatic rings. The van der Waals surface area contributed by atoms with Crippen LogP contribution in [0.5, 0.6) is 0 Å². The SMILES string of the molecule is O=C(N[C@H]1C[C@@H]1c1ccccc1)c1cc(=O)[nH]c2ccc([N+](=O)[O-])cc12. The van der Waals surface area contributed by atoms with E-state index in [9.17, 15) is 19.7 Å². The molecule has 4 rings (SSSR count). The summed E-state index contributed by atoms with van der Waals surface area (Å²) in [5.74, 6) is -0.146. The van der Waals surface area contributed by atoms with Crippen LogP contribution in [0.2, 0.25) is 0 Å². The topological polar surface area (TPSA) is 105 Å². The summed E-state index contributed by atoms with van der Waals surface area (Å²) >= 11 is 0. The van der Waals surface area contributed by atoms with Gasteiger partial charge in [-0.15, -0.1) is 0 Å². The monoisotopic (exact) mass is 349 g/mol. The number of amides is 1. The van der Waals surface area contributed by atoms with Crippen LogP contribution in [0, 0.1) is 10.1 Å². The lowest BCUT2D eigenvalue weighted by atomic mass is 10.1. The van der Waals surface area contributed by atoms with E-state index in [0.29, 0.717) is 10.9 Å². The van der Waals surface area contributed by atoms with E-state index in [0.717, 1.165) is 12.0 Å². The Morgan fingerprint density at radius 2 is 1.92 bits per heavy atom. The van der Waals surface area contributed by atoms with Crippen LogP contribution in [0.4, 0.5) is 5.69 Å². The van der Waals surface area contributed by atoms with Crippen LogP contribution in [0.3, 0.4) is 0 Å². The molecule has 7 heteroatoms. The van der Waals surface area contributed by atoms with E-state index in [1.165, 1.54) is 24.3 Å². The summed E-state index contributed by atoms with van der Waals surface area (Å²) in [6.45, 7) is 0. The highest BCUT2D eigenvalue weighted by molar-refractivity contribution is 6.06. The summed E-state index contributed by atoms with van der Waals surface area (Å²) in [4.78, 5) is 37.6. The van der Waals surface area contributed by atoms with Gasteiger partial charge in [-0.25, -0.2) is 0 Å². The Bertz CT molecular complexity index is 1080. The van der Waals surface area contributed by atoms with Gasteiger partial charge in [0.2, 0.25) is 5.56 Å². The summed E-state index contributed by atoms with van der Waals surface area (Å²) in [5, 5.41) is 14.3. The Morgan fingerprint density at radius 1 is 1.15 bits per heavy atom. The average Bonchev–Trinajstić information content (AvgIpc) is 3.40. The van der Waals surface area contributed by atoms with Gasteiger partial charge in [-0.05, 0) is 18.1 Å². The quantitative estimate of drug-likeness (QED) is 0.558. The fourth-order valence-electron chi connectivity index (χ4n) is 3.21. The minimum absolute atomic E-state index is 0.00191. The van der Waals surface area contributed by atoms with Gasteiger partial charge in [-0.2, -0.15) is 0 Å². The van der Waals surface area contributed by atoms with Crippen LogP contribution in [-0.2, 0) is 0 Å².